The number of oxime groups is 1. The highest BCUT2D eigenvalue weighted by Crippen LogP contribution is 2.77. The second-order valence-electron chi connectivity index (χ2n) is 14.6. The molecule has 0 unspecified atom stereocenters. The van der Waals surface area contributed by atoms with Gasteiger partial charge in [0.05, 0.1) is 17.2 Å². The Morgan fingerprint density at radius 3 is 2.23 bits per heavy atom. The highest BCUT2D eigenvalue weighted by Gasteiger charge is 2.72. The average Bonchev–Trinajstić information content (AvgIpc) is 3.18. The number of carbonyl (C=O) groups is 1. The Balaban J connectivity index is 1.56. The number of hydrogen-bond acceptors (Lipinski definition) is 4. The van der Waals surface area contributed by atoms with Crippen molar-refractivity contribution in [2.75, 3.05) is 7.11 Å². The lowest BCUT2D eigenvalue weighted by Gasteiger charge is -2.72. The molecule has 0 aromatic carbocycles. The molecule has 0 radical (unpaired) electrons. The van der Waals surface area contributed by atoms with E-state index >= 15 is 0 Å². The Labute approximate surface area is 212 Å². The Morgan fingerprint density at radius 2 is 1.57 bits per heavy atom. The lowest BCUT2D eigenvalue weighted by Crippen LogP contribution is -2.67. The summed E-state index contributed by atoms with van der Waals surface area (Å²) in [5.74, 6) is 1.35. The SMILES string of the molecule is CO/N=C(/C)[C@@H]1CC[C@]2(C(=O)O)CC[C@]3(C)[C@H](CC[C@@H]4[C@@]5(C)CC[C@H](O)C(C)(C)[C@@H]5CC[C@]43C)[C@@H]12. The Bertz CT molecular complexity index is 914. The van der Waals surface area contributed by atoms with E-state index in [0.717, 1.165) is 50.7 Å². The van der Waals surface area contributed by atoms with Gasteiger partial charge in [-0.3, -0.25) is 4.79 Å². The lowest BCUT2D eigenvalue weighted by molar-refractivity contribution is -0.247. The lowest BCUT2D eigenvalue weighted by atomic mass is 9.32. The van der Waals surface area contributed by atoms with Crippen LogP contribution in [0.25, 0.3) is 0 Å². The number of carboxylic acid groups (broad SMARTS) is 1. The molecule has 0 bridgehead atoms. The van der Waals surface area contributed by atoms with Crippen LogP contribution in [0.3, 0.4) is 0 Å². The van der Waals surface area contributed by atoms with Gasteiger partial charge in [0, 0.05) is 5.92 Å². The van der Waals surface area contributed by atoms with Gasteiger partial charge >= 0.3 is 5.97 Å². The monoisotopic (exact) mass is 487 g/mol. The van der Waals surface area contributed by atoms with Crippen molar-refractivity contribution in [3.05, 3.63) is 0 Å². The van der Waals surface area contributed by atoms with Crippen LogP contribution in [-0.2, 0) is 9.63 Å². The molecular formula is C30H49NO4. The normalized spacial score (nSPS) is 53.1. The maximum absolute atomic E-state index is 12.9. The van der Waals surface area contributed by atoms with Gasteiger partial charge in [-0.1, -0.05) is 39.8 Å². The van der Waals surface area contributed by atoms with Gasteiger partial charge in [-0.2, -0.15) is 0 Å². The molecule has 5 heteroatoms. The molecular weight excluding hydrogens is 438 g/mol. The van der Waals surface area contributed by atoms with E-state index in [4.69, 9.17) is 4.84 Å². The molecule has 10 atom stereocenters. The minimum Gasteiger partial charge on any atom is -0.481 e. The van der Waals surface area contributed by atoms with Crippen molar-refractivity contribution in [2.24, 2.45) is 61.8 Å². The fraction of sp³-hybridized carbons (Fsp3) is 0.933. The highest BCUT2D eigenvalue weighted by atomic mass is 16.6. The number of nitrogens with zero attached hydrogens (tertiary/aromatic N) is 1. The first kappa shape index (κ1) is 25.5. The zero-order valence-corrected chi connectivity index (χ0v) is 23.2. The average molecular weight is 488 g/mol. The Kier molecular flexibility index (Phi) is 5.80. The smallest absolute Gasteiger partial charge is 0.309 e. The molecule has 35 heavy (non-hydrogen) atoms. The van der Waals surface area contributed by atoms with Crippen molar-refractivity contribution in [2.45, 2.75) is 112 Å². The van der Waals surface area contributed by atoms with Crippen molar-refractivity contribution in [3.63, 3.8) is 0 Å². The number of hydrogen-bond donors (Lipinski definition) is 2. The second-order valence-corrected chi connectivity index (χ2v) is 14.6. The van der Waals surface area contributed by atoms with Crippen LogP contribution in [0, 0.1) is 56.7 Å². The summed E-state index contributed by atoms with van der Waals surface area (Å²) in [6.07, 6.45) is 10.0. The predicted molar refractivity (Wildman–Crippen MR) is 138 cm³/mol. The summed E-state index contributed by atoms with van der Waals surface area (Å²) in [5.41, 5.74) is 0.902. The van der Waals surface area contributed by atoms with E-state index in [-0.39, 0.29) is 39.6 Å². The maximum atomic E-state index is 12.9. The van der Waals surface area contributed by atoms with Gasteiger partial charge in [-0.15, -0.1) is 0 Å². The third-order valence-corrected chi connectivity index (χ3v) is 13.6. The largest absolute Gasteiger partial charge is 0.481 e. The molecule has 0 saturated heterocycles. The van der Waals surface area contributed by atoms with Gasteiger partial charge in [0.1, 0.15) is 7.11 Å². The second kappa shape index (κ2) is 7.95. The minimum atomic E-state index is -0.611. The third kappa shape index (κ3) is 3.09. The number of aliphatic hydroxyl groups is 1. The molecule has 2 N–H and O–H groups in total. The summed E-state index contributed by atoms with van der Waals surface area (Å²) in [6.45, 7) is 14.3. The number of aliphatic hydroxyl groups excluding tert-OH is 1. The summed E-state index contributed by atoms with van der Waals surface area (Å²) in [5, 5.41) is 25.8. The van der Waals surface area contributed by atoms with Crippen molar-refractivity contribution in [1.82, 2.24) is 0 Å². The van der Waals surface area contributed by atoms with Gasteiger partial charge in [-0.25, -0.2) is 0 Å². The molecule has 0 spiro atoms. The summed E-state index contributed by atoms with van der Waals surface area (Å²) >= 11 is 0. The number of fused-ring (bicyclic) bond motifs is 7. The van der Waals surface area contributed by atoms with E-state index in [1.165, 1.54) is 19.3 Å². The molecule has 5 nitrogen and oxygen atoms in total. The molecule has 198 valence electrons. The van der Waals surface area contributed by atoms with Crippen molar-refractivity contribution >= 4 is 11.7 Å². The first-order valence-electron chi connectivity index (χ1n) is 14.3. The first-order chi connectivity index (χ1) is 16.3. The standard InChI is InChI=1S/C30H49NO4/c1-18(31-35-7)19-10-15-30(25(33)34)17-16-28(5)20(24(19)30)8-9-22-27(4)13-12-23(32)26(2,3)21(27)11-14-29(22,28)6/h19-24,32H,8-17H2,1-7H3,(H,33,34)/b31-18-/t19-,20+,21-,22+,23-,24+,27-,28+,29+,30-/m0/s1. The highest BCUT2D eigenvalue weighted by molar-refractivity contribution is 5.87. The topological polar surface area (TPSA) is 79.1 Å². The fourth-order valence-corrected chi connectivity index (χ4v) is 11.6. The van der Waals surface area contributed by atoms with Gasteiger partial charge < -0.3 is 15.1 Å². The van der Waals surface area contributed by atoms with Gasteiger partial charge in [0.15, 0.2) is 0 Å². The van der Waals surface area contributed by atoms with Crippen molar-refractivity contribution < 1.29 is 19.8 Å². The van der Waals surface area contributed by atoms with Crippen LogP contribution in [-0.4, -0.2) is 35.1 Å². The Hall–Kier alpha value is -1.10. The third-order valence-electron chi connectivity index (χ3n) is 13.6. The molecule has 0 amide bonds. The van der Waals surface area contributed by atoms with Gasteiger partial charge in [0.25, 0.3) is 0 Å². The molecule has 5 fully saturated rings. The van der Waals surface area contributed by atoms with Gasteiger partial charge in [0.2, 0.25) is 0 Å². The molecule has 5 aliphatic carbocycles. The number of carboxylic acids is 1. The Morgan fingerprint density at radius 1 is 0.857 bits per heavy atom. The fourth-order valence-electron chi connectivity index (χ4n) is 11.6. The maximum Gasteiger partial charge on any atom is 0.309 e. The van der Waals surface area contributed by atoms with Crippen LogP contribution < -0.4 is 0 Å². The zero-order chi connectivity index (χ0) is 25.6. The number of rotatable bonds is 3. The van der Waals surface area contributed by atoms with E-state index in [0.29, 0.717) is 17.8 Å². The molecule has 5 aliphatic rings. The van der Waals surface area contributed by atoms with Crippen LogP contribution in [0.1, 0.15) is 106 Å². The van der Waals surface area contributed by atoms with Crippen molar-refractivity contribution in [1.29, 1.82) is 0 Å². The quantitative estimate of drug-likeness (QED) is 0.350. The zero-order valence-electron chi connectivity index (χ0n) is 23.2. The number of aliphatic carboxylic acids is 1. The molecule has 5 saturated carbocycles. The van der Waals surface area contributed by atoms with Crippen LogP contribution in [0.15, 0.2) is 5.16 Å². The van der Waals surface area contributed by atoms with Crippen LogP contribution >= 0.6 is 0 Å². The summed E-state index contributed by atoms with van der Waals surface area (Å²) in [7, 11) is 1.60. The van der Waals surface area contributed by atoms with E-state index in [2.05, 4.69) is 39.8 Å². The predicted octanol–water partition coefficient (Wildman–Crippen LogP) is 6.54. The minimum absolute atomic E-state index is 0.0403. The van der Waals surface area contributed by atoms with Gasteiger partial charge in [-0.05, 0) is 116 Å². The molecule has 0 aromatic heterocycles. The summed E-state index contributed by atoms with van der Waals surface area (Å²) < 4.78 is 0. The van der Waals surface area contributed by atoms with Crippen molar-refractivity contribution in [3.8, 4) is 0 Å². The van der Waals surface area contributed by atoms with Crippen LogP contribution in [0.5, 0.6) is 0 Å². The summed E-state index contributed by atoms with van der Waals surface area (Å²) in [6, 6.07) is 0. The molecule has 0 aliphatic heterocycles. The molecule has 0 heterocycles. The first-order valence-corrected chi connectivity index (χ1v) is 14.3. The molecule has 0 aromatic rings. The van der Waals surface area contributed by atoms with Crippen LogP contribution in [0.2, 0.25) is 0 Å². The summed E-state index contributed by atoms with van der Waals surface area (Å²) in [4.78, 5) is 18.0. The van der Waals surface area contributed by atoms with E-state index in [9.17, 15) is 15.0 Å². The van der Waals surface area contributed by atoms with E-state index in [1.807, 2.05) is 6.92 Å². The van der Waals surface area contributed by atoms with Crippen LogP contribution in [0.4, 0.5) is 0 Å². The van der Waals surface area contributed by atoms with E-state index in [1.54, 1.807) is 7.11 Å². The van der Waals surface area contributed by atoms with E-state index < -0.39 is 11.4 Å². The molecule has 5 rings (SSSR count).